The summed E-state index contributed by atoms with van der Waals surface area (Å²) < 4.78 is 32.9. The fraction of sp³-hybridized carbons (Fsp3) is 0.267. The molecule has 2 rings (SSSR count). The Bertz CT molecular complexity index is 700. The highest BCUT2D eigenvalue weighted by atomic mass is 32.2. The van der Waals surface area contributed by atoms with E-state index in [1.165, 1.54) is 6.20 Å². The van der Waals surface area contributed by atoms with Gasteiger partial charge in [-0.1, -0.05) is 19.1 Å². The number of aromatic nitrogens is 1. The van der Waals surface area contributed by atoms with Crippen LogP contribution in [0, 0.1) is 6.92 Å². The van der Waals surface area contributed by atoms with Gasteiger partial charge in [0, 0.05) is 6.20 Å². The molecule has 0 amide bonds. The fourth-order valence-electron chi connectivity index (χ4n) is 1.78. The molecule has 0 fully saturated rings. The summed E-state index contributed by atoms with van der Waals surface area (Å²) in [5.41, 5.74) is 0.942. The number of anilines is 1. The summed E-state index contributed by atoms with van der Waals surface area (Å²) >= 11 is 0. The summed E-state index contributed by atoms with van der Waals surface area (Å²) in [7, 11) is -3.73. The Morgan fingerprint density at radius 1 is 1.24 bits per heavy atom. The average Bonchev–Trinajstić information content (AvgIpc) is 2.45. The van der Waals surface area contributed by atoms with Gasteiger partial charge in [0.25, 0.3) is 10.0 Å². The molecule has 6 heteroatoms. The van der Waals surface area contributed by atoms with Gasteiger partial charge in [-0.15, -0.1) is 0 Å². The smallest absolute Gasteiger partial charge is 0.266 e. The van der Waals surface area contributed by atoms with Crippen molar-refractivity contribution in [2.24, 2.45) is 0 Å². The first-order valence-corrected chi connectivity index (χ1v) is 8.18. The van der Waals surface area contributed by atoms with Gasteiger partial charge in [-0.3, -0.25) is 4.72 Å². The van der Waals surface area contributed by atoms with E-state index < -0.39 is 10.0 Å². The third kappa shape index (κ3) is 3.95. The van der Waals surface area contributed by atoms with E-state index in [1.807, 2.05) is 13.8 Å². The lowest BCUT2D eigenvalue weighted by Gasteiger charge is -2.13. The van der Waals surface area contributed by atoms with Gasteiger partial charge in [0.05, 0.1) is 6.61 Å². The number of pyridine rings is 1. The van der Waals surface area contributed by atoms with Gasteiger partial charge in [0.1, 0.15) is 16.5 Å². The van der Waals surface area contributed by atoms with Crippen LogP contribution < -0.4 is 9.46 Å². The van der Waals surface area contributed by atoms with Crippen molar-refractivity contribution in [3.05, 3.63) is 48.2 Å². The van der Waals surface area contributed by atoms with Crippen LogP contribution in [0.3, 0.4) is 0 Å². The highest BCUT2D eigenvalue weighted by Crippen LogP contribution is 2.26. The van der Waals surface area contributed by atoms with Gasteiger partial charge >= 0.3 is 0 Å². The number of ether oxygens (including phenoxy) is 1. The molecular weight excluding hydrogens is 288 g/mol. The second-order valence-electron chi connectivity index (χ2n) is 4.62. The Morgan fingerprint density at radius 3 is 2.71 bits per heavy atom. The van der Waals surface area contributed by atoms with Crippen LogP contribution in [0.25, 0.3) is 0 Å². The molecule has 1 N–H and O–H groups in total. The fourth-order valence-corrected chi connectivity index (χ4v) is 2.91. The zero-order valence-electron chi connectivity index (χ0n) is 12.0. The van der Waals surface area contributed by atoms with Crippen LogP contribution in [0.1, 0.15) is 18.9 Å². The zero-order chi connectivity index (χ0) is 15.3. The van der Waals surface area contributed by atoms with E-state index in [0.29, 0.717) is 12.4 Å². The summed E-state index contributed by atoms with van der Waals surface area (Å²) in [6.45, 7) is 4.33. The van der Waals surface area contributed by atoms with Crippen molar-refractivity contribution < 1.29 is 13.2 Å². The molecule has 0 aliphatic carbocycles. The molecule has 0 spiro atoms. The van der Waals surface area contributed by atoms with Crippen molar-refractivity contribution >= 4 is 15.8 Å². The van der Waals surface area contributed by atoms with Crippen LogP contribution in [-0.2, 0) is 10.0 Å². The Balaban J connectivity index is 2.35. The number of rotatable bonds is 6. The molecule has 0 aliphatic heterocycles. The predicted molar refractivity (Wildman–Crippen MR) is 82.0 cm³/mol. The van der Waals surface area contributed by atoms with E-state index in [9.17, 15) is 8.42 Å². The van der Waals surface area contributed by atoms with Crippen molar-refractivity contribution in [2.45, 2.75) is 25.2 Å². The third-order valence-electron chi connectivity index (χ3n) is 2.75. The topological polar surface area (TPSA) is 68.3 Å². The predicted octanol–water partition coefficient (Wildman–Crippen LogP) is 2.98. The maximum atomic E-state index is 12.5. The molecule has 0 unspecified atom stereocenters. The maximum absolute atomic E-state index is 12.5. The molecule has 0 radical (unpaired) electrons. The molecule has 0 saturated heterocycles. The lowest BCUT2D eigenvalue weighted by Crippen LogP contribution is -2.15. The lowest BCUT2D eigenvalue weighted by atomic mass is 10.2. The number of nitrogens with zero attached hydrogens (tertiary/aromatic N) is 1. The summed E-state index contributed by atoms with van der Waals surface area (Å²) in [6, 6.07) is 10.0. The van der Waals surface area contributed by atoms with Crippen LogP contribution in [0.15, 0.2) is 47.5 Å². The number of hydrogen-bond donors (Lipinski definition) is 1. The van der Waals surface area contributed by atoms with Crippen LogP contribution in [-0.4, -0.2) is 20.0 Å². The minimum absolute atomic E-state index is 0.118. The highest BCUT2D eigenvalue weighted by molar-refractivity contribution is 7.92. The van der Waals surface area contributed by atoms with Crippen molar-refractivity contribution in [1.29, 1.82) is 0 Å². The van der Waals surface area contributed by atoms with Crippen LogP contribution in [0.4, 0.5) is 5.82 Å². The second kappa shape index (κ2) is 6.58. The summed E-state index contributed by atoms with van der Waals surface area (Å²) in [5, 5.41) is 0. The van der Waals surface area contributed by atoms with E-state index >= 15 is 0 Å². The largest absolute Gasteiger partial charge is 0.492 e. The SMILES string of the molecule is CCCOc1cc(C)ccc1S(=O)(=O)Nc1ccccn1. The Kier molecular flexibility index (Phi) is 4.80. The van der Waals surface area contributed by atoms with E-state index in [-0.39, 0.29) is 10.7 Å². The molecule has 0 aliphatic rings. The summed E-state index contributed by atoms with van der Waals surface area (Å²) in [4.78, 5) is 4.09. The van der Waals surface area contributed by atoms with Crippen LogP contribution in [0.2, 0.25) is 0 Å². The summed E-state index contributed by atoms with van der Waals surface area (Å²) in [5.74, 6) is 0.639. The molecule has 112 valence electrons. The van der Waals surface area contributed by atoms with Crippen molar-refractivity contribution in [2.75, 3.05) is 11.3 Å². The monoisotopic (exact) mass is 306 g/mol. The van der Waals surface area contributed by atoms with E-state index in [2.05, 4.69) is 9.71 Å². The molecule has 0 saturated carbocycles. The van der Waals surface area contributed by atoms with Gasteiger partial charge in [0.15, 0.2) is 0 Å². The highest BCUT2D eigenvalue weighted by Gasteiger charge is 2.20. The molecule has 1 aromatic carbocycles. The van der Waals surface area contributed by atoms with E-state index in [1.54, 1.807) is 36.4 Å². The summed E-state index contributed by atoms with van der Waals surface area (Å²) in [6.07, 6.45) is 2.34. The maximum Gasteiger partial charge on any atom is 0.266 e. The second-order valence-corrected chi connectivity index (χ2v) is 6.27. The standard InChI is InChI=1S/C15H18N2O3S/c1-3-10-20-13-11-12(2)7-8-14(13)21(18,19)17-15-6-4-5-9-16-15/h4-9,11H,3,10H2,1-2H3,(H,16,17). The van der Waals surface area contributed by atoms with E-state index in [4.69, 9.17) is 4.74 Å². The van der Waals surface area contributed by atoms with Gasteiger partial charge in [-0.05, 0) is 43.2 Å². The molecule has 21 heavy (non-hydrogen) atoms. The number of benzene rings is 1. The molecule has 1 aromatic heterocycles. The quantitative estimate of drug-likeness (QED) is 0.891. The molecule has 0 atom stereocenters. The number of hydrogen-bond acceptors (Lipinski definition) is 4. The van der Waals surface area contributed by atoms with Gasteiger partial charge in [-0.25, -0.2) is 13.4 Å². The normalized spacial score (nSPS) is 11.1. The van der Waals surface area contributed by atoms with Gasteiger partial charge in [-0.2, -0.15) is 0 Å². The Labute approximate surface area is 125 Å². The number of sulfonamides is 1. The Morgan fingerprint density at radius 2 is 2.05 bits per heavy atom. The van der Waals surface area contributed by atoms with Crippen molar-refractivity contribution in [3.8, 4) is 5.75 Å². The average molecular weight is 306 g/mol. The van der Waals surface area contributed by atoms with E-state index in [0.717, 1.165) is 12.0 Å². The third-order valence-corrected chi connectivity index (χ3v) is 4.15. The molecule has 2 aromatic rings. The Hall–Kier alpha value is -2.08. The minimum atomic E-state index is -3.73. The minimum Gasteiger partial charge on any atom is -0.492 e. The number of nitrogens with one attached hydrogen (secondary N) is 1. The first-order valence-electron chi connectivity index (χ1n) is 6.70. The molecule has 0 bridgehead atoms. The molecule has 1 heterocycles. The van der Waals surface area contributed by atoms with Crippen LogP contribution >= 0.6 is 0 Å². The first-order chi connectivity index (χ1) is 10.0. The first kappa shape index (κ1) is 15.3. The van der Waals surface area contributed by atoms with Gasteiger partial charge < -0.3 is 4.74 Å². The molecule has 5 nitrogen and oxygen atoms in total. The van der Waals surface area contributed by atoms with Crippen molar-refractivity contribution in [3.63, 3.8) is 0 Å². The lowest BCUT2D eigenvalue weighted by molar-refractivity contribution is 0.309. The molecular formula is C15H18N2O3S. The van der Waals surface area contributed by atoms with Crippen molar-refractivity contribution in [1.82, 2.24) is 4.98 Å². The zero-order valence-corrected chi connectivity index (χ0v) is 12.9. The number of aryl methyl sites for hydroxylation is 1. The van der Waals surface area contributed by atoms with Crippen LogP contribution in [0.5, 0.6) is 5.75 Å². The van der Waals surface area contributed by atoms with Gasteiger partial charge in [0.2, 0.25) is 0 Å².